The third-order valence-corrected chi connectivity index (χ3v) is 5.09. The molecule has 0 spiro atoms. The second kappa shape index (κ2) is 13.7. The standard InChI is InChI=1S/C23H37N5O4/c1-16(6-4-11-29)26-22-20(17(2)27-23(24)28-22)14-18-7-8-19(15-21(18)31-3)32-13-5-9-25-10-12-30/h7-8,15-16,25,29-30H,4-6,9-14H2,1-3H3,(H3,24,26,27,28). The molecule has 0 saturated carbocycles. The lowest BCUT2D eigenvalue weighted by molar-refractivity contribution is 0.281. The maximum Gasteiger partial charge on any atom is 0.222 e. The SMILES string of the molecule is COc1cc(OCCCNCCO)ccc1Cc1c(C)nc(N)nc1NC(C)CCCO. The number of aryl methyl sites for hydroxylation is 1. The van der Waals surface area contributed by atoms with Crippen molar-refractivity contribution >= 4 is 11.8 Å². The van der Waals surface area contributed by atoms with E-state index in [9.17, 15) is 0 Å². The van der Waals surface area contributed by atoms with E-state index in [0.29, 0.717) is 25.4 Å². The summed E-state index contributed by atoms with van der Waals surface area (Å²) in [5, 5.41) is 24.4. The van der Waals surface area contributed by atoms with Crippen molar-refractivity contribution in [3.8, 4) is 11.5 Å². The molecule has 0 bridgehead atoms. The van der Waals surface area contributed by atoms with E-state index >= 15 is 0 Å². The fourth-order valence-electron chi connectivity index (χ4n) is 3.39. The number of rotatable bonds is 15. The number of aliphatic hydroxyl groups excluding tert-OH is 2. The maximum absolute atomic E-state index is 9.09. The Hall–Kier alpha value is -2.62. The summed E-state index contributed by atoms with van der Waals surface area (Å²) in [6.07, 6.45) is 2.96. The molecule has 1 aromatic heterocycles. The number of aliphatic hydroxyl groups is 2. The fraction of sp³-hybridized carbons (Fsp3) is 0.565. The molecule has 1 aromatic carbocycles. The minimum absolute atomic E-state index is 0.136. The van der Waals surface area contributed by atoms with Gasteiger partial charge in [-0.3, -0.25) is 0 Å². The van der Waals surface area contributed by atoms with Gasteiger partial charge in [-0.2, -0.15) is 4.98 Å². The van der Waals surface area contributed by atoms with Crippen molar-refractivity contribution in [3.05, 3.63) is 35.0 Å². The number of hydrogen-bond donors (Lipinski definition) is 5. The van der Waals surface area contributed by atoms with Gasteiger partial charge in [-0.25, -0.2) is 4.98 Å². The second-order valence-electron chi connectivity index (χ2n) is 7.73. The van der Waals surface area contributed by atoms with Gasteiger partial charge >= 0.3 is 0 Å². The van der Waals surface area contributed by atoms with Crippen LogP contribution in [-0.4, -0.2) is 66.2 Å². The van der Waals surface area contributed by atoms with Crippen LogP contribution in [0.4, 0.5) is 11.8 Å². The minimum Gasteiger partial charge on any atom is -0.496 e. The molecule has 9 heteroatoms. The number of benzene rings is 1. The second-order valence-corrected chi connectivity index (χ2v) is 7.73. The lowest BCUT2D eigenvalue weighted by Crippen LogP contribution is -2.20. The summed E-state index contributed by atoms with van der Waals surface area (Å²) in [6.45, 7) is 6.23. The molecule has 0 saturated heterocycles. The largest absolute Gasteiger partial charge is 0.496 e. The van der Waals surface area contributed by atoms with Gasteiger partial charge < -0.3 is 36.1 Å². The lowest BCUT2D eigenvalue weighted by Gasteiger charge is -2.19. The predicted molar refractivity (Wildman–Crippen MR) is 126 cm³/mol. The summed E-state index contributed by atoms with van der Waals surface area (Å²) in [5.41, 5.74) is 8.66. The van der Waals surface area contributed by atoms with Gasteiger partial charge in [0.15, 0.2) is 0 Å². The number of nitrogens with zero attached hydrogens (tertiary/aromatic N) is 2. The Morgan fingerprint density at radius 3 is 2.66 bits per heavy atom. The first-order valence-corrected chi connectivity index (χ1v) is 11.1. The highest BCUT2D eigenvalue weighted by atomic mass is 16.5. The number of ether oxygens (including phenoxy) is 2. The van der Waals surface area contributed by atoms with Gasteiger partial charge in [0, 0.05) is 42.9 Å². The lowest BCUT2D eigenvalue weighted by atomic mass is 10.0. The smallest absolute Gasteiger partial charge is 0.222 e. The van der Waals surface area contributed by atoms with Gasteiger partial charge in [0.05, 0.1) is 20.3 Å². The van der Waals surface area contributed by atoms with Gasteiger partial charge in [0.25, 0.3) is 0 Å². The molecule has 9 nitrogen and oxygen atoms in total. The monoisotopic (exact) mass is 447 g/mol. The van der Waals surface area contributed by atoms with Crippen molar-refractivity contribution in [2.75, 3.05) is 51.1 Å². The third kappa shape index (κ3) is 8.14. The molecule has 1 atom stereocenters. The first-order chi connectivity index (χ1) is 15.5. The molecular formula is C23H37N5O4. The molecule has 2 rings (SSSR count). The van der Waals surface area contributed by atoms with Crippen LogP contribution in [0.2, 0.25) is 0 Å². The minimum atomic E-state index is 0.136. The third-order valence-electron chi connectivity index (χ3n) is 5.09. The van der Waals surface area contributed by atoms with E-state index in [-0.39, 0.29) is 25.2 Å². The van der Waals surface area contributed by atoms with E-state index in [2.05, 4.69) is 27.5 Å². The quantitative estimate of drug-likeness (QED) is 0.259. The zero-order chi connectivity index (χ0) is 23.3. The molecule has 0 fully saturated rings. The van der Waals surface area contributed by atoms with Crippen LogP contribution in [0.3, 0.4) is 0 Å². The van der Waals surface area contributed by atoms with Crippen LogP contribution in [0.15, 0.2) is 18.2 Å². The summed E-state index contributed by atoms with van der Waals surface area (Å²) in [7, 11) is 1.64. The molecular weight excluding hydrogens is 410 g/mol. The predicted octanol–water partition coefficient (Wildman–Crippen LogP) is 1.89. The van der Waals surface area contributed by atoms with Gasteiger partial charge in [0.2, 0.25) is 5.95 Å². The molecule has 0 aliphatic heterocycles. The van der Waals surface area contributed by atoms with Crippen molar-refractivity contribution in [2.45, 2.75) is 45.6 Å². The zero-order valence-corrected chi connectivity index (χ0v) is 19.4. The van der Waals surface area contributed by atoms with Crippen LogP contribution in [0.25, 0.3) is 0 Å². The van der Waals surface area contributed by atoms with Crippen LogP contribution in [0, 0.1) is 6.92 Å². The molecule has 1 heterocycles. The Bertz CT molecular complexity index is 834. The van der Waals surface area contributed by atoms with Crippen molar-refractivity contribution in [1.29, 1.82) is 0 Å². The van der Waals surface area contributed by atoms with Crippen molar-refractivity contribution < 1.29 is 19.7 Å². The molecule has 6 N–H and O–H groups in total. The summed E-state index contributed by atoms with van der Waals surface area (Å²) >= 11 is 0. The van der Waals surface area contributed by atoms with Crippen molar-refractivity contribution in [3.63, 3.8) is 0 Å². The van der Waals surface area contributed by atoms with E-state index in [1.54, 1.807) is 7.11 Å². The molecule has 0 aliphatic rings. The van der Waals surface area contributed by atoms with Crippen LogP contribution >= 0.6 is 0 Å². The molecule has 32 heavy (non-hydrogen) atoms. The van der Waals surface area contributed by atoms with Crippen molar-refractivity contribution in [2.24, 2.45) is 0 Å². The number of nitrogens with one attached hydrogen (secondary N) is 2. The van der Waals surface area contributed by atoms with Gasteiger partial charge in [-0.15, -0.1) is 0 Å². The molecule has 0 radical (unpaired) electrons. The average Bonchev–Trinajstić information content (AvgIpc) is 2.77. The topological polar surface area (TPSA) is 135 Å². The van der Waals surface area contributed by atoms with Crippen molar-refractivity contribution in [1.82, 2.24) is 15.3 Å². The van der Waals surface area contributed by atoms with Crippen LogP contribution in [0.5, 0.6) is 11.5 Å². The number of anilines is 2. The number of hydrogen-bond acceptors (Lipinski definition) is 9. The summed E-state index contributed by atoms with van der Waals surface area (Å²) in [5.74, 6) is 2.41. The average molecular weight is 448 g/mol. The Morgan fingerprint density at radius 2 is 1.94 bits per heavy atom. The maximum atomic E-state index is 9.09. The van der Waals surface area contributed by atoms with Gasteiger partial charge in [0.1, 0.15) is 17.3 Å². The Morgan fingerprint density at radius 1 is 1.12 bits per heavy atom. The van der Waals surface area contributed by atoms with Gasteiger partial charge in [-0.1, -0.05) is 6.07 Å². The van der Waals surface area contributed by atoms with Crippen LogP contribution in [-0.2, 0) is 6.42 Å². The summed E-state index contributed by atoms with van der Waals surface area (Å²) in [6, 6.07) is 5.95. The highest BCUT2D eigenvalue weighted by Gasteiger charge is 2.16. The number of nitrogen functional groups attached to an aromatic ring is 1. The first-order valence-electron chi connectivity index (χ1n) is 11.1. The number of aromatic nitrogens is 2. The van der Waals surface area contributed by atoms with Gasteiger partial charge in [-0.05, 0) is 51.3 Å². The van der Waals surface area contributed by atoms with E-state index in [1.165, 1.54) is 0 Å². The van der Waals surface area contributed by atoms with Crippen LogP contribution < -0.4 is 25.8 Å². The summed E-state index contributed by atoms with van der Waals surface area (Å²) in [4.78, 5) is 8.77. The van der Waals surface area contributed by atoms with E-state index in [4.69, 9.17) is 25.4 Å². The van der Waals surface area contributed by atoms with E-state index < -0.39 is 0 Å². The summed E-state index contributed by atoms with van der Waals surface area (Å²) < 4.78 is 11.5. The molecule has 0 amide bonds. The zero-order valence-electron chi connectivity index (χ0n) is 19.4. The number of nitrogens with two attached hydrogens (primary N) is 1. The number of methoxy groups -OCH3 is 1. The Balaban J connectivity index is 2.12. The van der Waals surface area contributed by atoms with E-state index in [0.717, 1.165) is 54.1 Å². The van der Waals surface area contributed by atoms with Crippen LogP contribution in [0.1, 0.15) is 43.0 Å². The first kappa shape index (κ1) is 25.6. The molecule has 178 valence electrons. The van der Waals surface area contributed by atoms with E-state index in [1.807, 2.05) is 25.1 Å². The Kier molecular flexibility index (Phi) is 11.0. The molecule has 1 unspecified atom stereocenters. The molecule has 2 aromatic rings. The molecule has 0 aliphatic carbocycles. The fourth-order valence-corrected chi connectivity index (χ4v) is 3.39. The normalized spacial score (nSPS) is 11.9. The highest BCUT2D eigenvalue weighted by Crippen LogP contribution is 2.30. The highest BCUT2D eigenvalue weighted by molar-refractivity contribution is 5.54. The Labute approximate surface area is 190 Å².